The van der Waals surface area contributed by atoms with Gasteiger partial charge in [-0.3, -0.25) is 4.79 Å². The van der Waals surface area contributed by atoms with E-state index in [-0.39, 0.29) is 17.0 Å². The van der Waals surface area contributed by atoms with Crippen molar-refractivity contribution >= 4 is 11.8 Å². The van der Waals surface area contributed by atoms with E-state index in [4.69, 9.17) is 9.15 Å². The molecule has 4 nitrogen and oxygen atoms in total. The fourth-order valence-corrected chi connectivity index (χ4v) is 2.13. The highest BCUT2D eigenvalue weighted by atomic mass is 16.5. The average Bonchev–Trinajstić information content (AvgIpc) is 2.60. The van der Waals surface area contributed by atoms with Crippen LogP contribution in [0.4, 0.5) is 0 Å². The summed E-state index contributed by atoms with van der Waals surface area (Å²) in [5.74, 6) is 0.264. The third-order valence-electron chi connectivity index (χ3n) is 2.86. The van der Waals surface area contributed by atoms with E-state index in [1.54, 1.807) is 6.92 Å². The zero-order chi connectivity index (χ0) is 12.6. The molecule has 0 amide bonds. The summed E-state index contributed by atoms with van der Waals surface area (Å²) in [6.45, 7) is 6.06. The molecule has 0 saturated carbocycles. The number of Topliss-reactive ketones (excluding diaryl/α,β-unsaturated/α-hetero) is 1. The van der Waals surface area contributed by atoms with Crippen LogP contribution in [0.1, 0.15) is 53.9 Å². The zero-order valence-corrected chi connectivity index (χ0v) is 10.3. The third kappa shape index (κ3) is 2.25. The van der Waals surface area contributed by atoms with E-state index in [0.29, 0.717) is 30.8 Å². The molecule has 0 aliphatic heterocycles. The number of rotatable bonds is 2. The molecule has 1 aromatic heterocycles. The zero-order valence-electron chi connectivity index (χ0n) is 10.3. The summed E-state index contributed by atoms with van der Waals surface area (Å²) < 4.78 is 10.3. The van der Waals surface area contributed by atoms with Crippen LogP contribution in [-0.2, 0) is 11.2 Å². The molecule has 0 aromatic carbocycles. The smallest absolute Gasteiger partial charge is 0.374 e. The molecule has 0 fully saturated rings. The number of ether oxygens (including phenoxy) is 1. The minimum Gasteiger partial charge on any atom is -0.460 e. The minimum atomic E-state index is -0.507. The number of hydrogen-bond acceptors (Lipinski definition) is 4. The molecule has 0 atom stereocenters. The van der Waals surface area contributed by atoms with Crippen molar-refractivity contribution in [1.82, 2.24) is 0 Å². The van der Waals surface area contributed by atoms with Gasteiger partial charge < -0.3 is 9.15 Å². The summed E-state index contributed by atoms with van der Waals surface area (Å²) in [5.41, 5.74) is 0.431. The summed E-state index contributed by atoms with van der Waals surface area (Å²) in [6, 6.07) is 1.50. The second-order valence-electron chi connectivity index (χ2n) is 5.11. The van der Waals surface area contributed by atoms with E-state index in [9.17, 15) is 9.59 Å². The molecule has 1 aliphatic rings. The Morgan fingerprint density at radius 3 is 2.82 bits per heavy atom. The van der Waals surface area contributed by atoms with E-state index in [1.165, 1.54) is 6.07 Å². The van der Waals surface area contributed by atoms with E-state index in [1.807, 2.05) is 13.8 Å². The van der Waals surface area contributed by atoms with Crippen LogP contribution in [0.3, 0.4) is 0 Å². The topological polar surface area (TPSA) is 56.5 Å². The highest BCUT2D eigenvalue weighted by Gasteiger charge is 2.34. The number of carbonyl (C=O) groups excluding carboxylic acids is 2. The number of esters is 1. The van der Waals surface area contributed by atoms with Gasteiger partial charge in [0.15, 0.2) is 5.78 Å². The van der Waals surface area contributed by atoms with Crippen LogP contribution < -0.4 is 0 Å². The number of furan rings is 1. The summed E-state index contributed by atoms with van der Waals surface area (Å²) in [6.07, 6.45) is 1.16. The van der Waals surface area contributed by atoms with Gasteiger partial charge in [0.25, 0.3) is 0 Å². The lowest BCUT2D eigenvalue weighted by Gasteiger charge is -2.26. The van der Waals surface area contributed by atoms with Crippen LogP contribution in [-0.4, -0.2) is 18.4 Å². The van der Waals surface area contributed by atoms with Crippen molar-refractivity contribution in [2.75, 3.05) is 6.61 Å². The van der Waals surface area contributed by atoms with Crippen LogP contribution >= 0.6 is 0 Å². The number of hydrogen-bond donors (Lipinski definition) is 0. The van der Waals surface area contributed by atoms with Gasteiger partial charge in [-0.25, -0.2) is 4.79 Å². The van der Waals surface area contributed by atoms with E-state index in [0.717, 1.165) is 0 Å². The first-order chi connectivity index (χ1) is 7.93. The van der Waals surface area contributed by atoms with Gasteiger partial charge in [-0.1, -0.05) is 13.8 Å². The standard InChI is InChI=1S/C13H16O4/c1-4-16-12(15)10-5-8-9(14)6-13(2,3)7-11(8)17-10/h5H,4,6-7H2,1-3H3. The van der Waals surface area contributed by atoms with Crippen molar-refractivity contribution in [1.29, 1.82) is 0 Å². The monoisotopic (exact) mass is 236 g/mol. The fourth-order valence-electron chi connectivity index (χ4n) is 2.13. The van der Waals surface area contributed by atoms with Crippen LogP contribution in [0.2, 0.25) is 0 Å². The Hall–Kier alpha value is -1.58. The van der Waals surface area contributed by atoms with Crippen molar-refractivity contribution in [3.05, 3.63) is 23.2 Å². The molecule has 0 radical (unpaired) electrons. The molecule has 1 aliphatic carbocycles. The van der Waals surface area contributed by atoms with Crippen LogP contribution in [0.5, 0.6) is 0 Å². The van der Waals surface area contributed by atoms with E-state index in [2.05, 4.69) is 0 Å². The SMILES string of the molecule is CCOC(=O)c1cc2c(o1)CC(C)(C)CC2=O. The lowest BCUT2D eigenvalue weighted by Crippen LogP contribution is -2.25. The van der Waals surface area contributed by atoms with Gasteiger partial charge in [0.1, 0.15) is 5.76 Å². The maximum Gasteiger partial charge on any atom is 0.374 e. The molecule has 2 rings (SSSR count). The Kier molecular flexibility index (Phi) is 2.81. The molecule has 0 spiro atoms. The predicted octanol–water partition coefficient (Wildman–Crippen LogP) is 2.61. The molecule has 92 valence electrons. The van der Waals surface area contributed by atoms with Crippen molar-refractivity contribution in [3.8, 4) is 0 Å². The Bertz CT molecular complexity index is 468. The van der Waals surface area contributed by atoms with Gasteiger partial charge in [0, 0.05) is 18.9 Å². The molecule has 0 N–H and O–H groups in total. The summed E-state index contributed by atoms with van der Waals surface area (Å²) in [4.78, 5) is 23.4. The Morgan fingerprint density at radius 2 is 2.18 bits per heavy atom. The first kappa shape index (κ1) is 11.9. The van der Waals surface area contributed by atoms with Gasteiger partial charge in [0.2, 0.25) is 5.76 Å². The van der Waals surface area contributed by atoms with Crippen LogP contribution in [0, 0.1) is 5.41 Å². The third-order valence-corrected chi connectivity index (χ3v) is 2.86. The van der Waals surface area contributed by atoms with E-state index < -0.39 is 5.97 Å². The second kappa shape index (κ2) is 4.02. The summed E-state index contributed by atoms with van der Waals surface area (Å²) >= 11 is 0. The first-order valence-corrected chi connectivity index (χ1v) is 5.76. The lowest BCUT2D eigenvalue weighted by atomic mass is 9.77. The molecule has 4 heteroatoms. The Balaban J connectivity index is 2.33. The van der Waals surface area contributed by atoms with Crippen molar-refractivity contribution in [2.24, 2.45) is 5.41 Å². The number of fused-ring (bicyclic) bond motifs is 1. The maximum atomic E-state index is 11.9. The summed E-state index contributed by atoms with van der Waals surface area (Å²) in [7, 11) is 0. The van der Waals surface area contributed by atoms with Crippen molar-refractivity contribution in [3.63, 3.8) is 0 Å². The van der Waals surface area contributed by atoms with E-state index >= 15 is 0 Å². The van der Waals surface area contributed by atoms with Crippen LogP contribution in [0.25, 0.3) is 0 Å². The number of ketones is 1. The maximum absolute atomic E-state index is 11.9. The van der Waals surface area contributed by atoms with Gasteiger partial charge in [-0.15, -0.1) is 0 Å². The fraction of sp³-hybridized carbons (Fsp3) is 0.538. The molecular formula is C13H16O4. The molecule has 0 bridgehead atoms. The quantitative estimate of drug-likeness (QED) is 0.740. The van der Waals surface area contributed by atoms with Gasteiger partial charge in [-0.05, 0) is 12.3 Å². The van der Waals surface area contributed by atoms with Crippen molar-refractivity contribution in [2.45, 2.75) is 33.6 Å². The Morgan fingerprint density at radius 1 is 1.47 bits per heavy atom. The van der Waals surface area contributed by atoms with Crippen LogP contribution in [0.15, 0.2) is 10.5 Å². The lowest BCUT2D eigenvalue weighted by molar-refractivity contribution is 0.0486. The van der Waals surface area contributed by atoms with Gasteiger partial charge in [-0.2, -0.15) is 0 Å². The highest BCUT2D eigenvalue weighted by molar-refractivity contribution is 6.00. The highest BCUT2D eigenvalue weighted by Crippen LogP contribution is 2.36. The van der Waals surface area contributed by atoms with Gasteiger partial charge in [0.05, 0.1) is 12.2 Å². The average molecular weight is 236 g/mol. The normalized spacial score (nSPS) is 17.7. The van der Waals surface area contributed by atoms with Crippen molar-refractivity contribution < 1.29 is 18.7 Å². The molecule has 17 heavy (non-hydrogen) atoms. The molecule has 1 aromatic rings. The number of carbonyl (C=O) groups is 2. The Labute approximate surface area is 99.9 Å². The molecular weight excluding hydrogens is 220 g/mol. The summed E-state index contributed by atoms with van der Waals surface area (Å²) in [5, 5.41) is 0. The van der Waals surface area contributed by atoms with Gasteiger partial charge >= 0.3 is 5.97 Å². The molecule has 0 unspecified atom stereocenters. The first-order valence-electron chi connectivity index (χ1n) is 5.76. The molecule has 0 saturated heterocycles. The largest absolute Gasteiger partial charge is 0.460 e. The minimum absolute atomic E-state index is 0.0375. The predicted molar refractivity (Wildman–Crippen MR) is 61.1 cm³/mol. The molecule has 1 heterocycles. The second-order valence-corrected chi connectivity index (χ2v) is 5.11.